The number of nitrogens with zero attached hydrogens (tertiary/aromatic N) is 2. The number of hydrogen-bond acceptors (Lipinski definition) is 6. The molecule has 1 N–H and O–H groups in total. The van der Waals surface area contributed by atoms with Crippen LogP contribution in [-0.2, 0) is 14.8 Å². The van der Waals surface area contributed by atoms with E-state index < -0.39 is 16.0 Å². The standard InChI is InChI=1S/C17H21N3O4S.ClH/c1-18-10-12-7-9-20(11-12)25(22,23)15-5-3-4-14-13(15)6-8-19-16(14)17(21)24-2;/h3-6,8,12,18H,7,9-11H2,1-2H3;1H. The van der Waals surface area contributed by atoms with Crippen molar-refractivity contribution in [1.82, 2.24) is 14.6 Å². The molecule has 1 aliphatic rings. The normalized spacial score (nSPS) is 17.8. The van der Waals surface area contributed by atoms with E-state index in [-0.39, 0.29) is 23.0 Å². The number of nitrogens with one attached hydrogen (secondary N) is 1. The first-order valence-electron chi connectivity index (χ1n) is 8.10. The van der Waals surface area contributed by atoms with Crippen LogP contribution in [0.3, 0.4) is 0 Å². The van der Waals surface area contributed by atoms with Gasteiger partial charge in [-0.15, -0.1) is 12.4 Å². The summed E-state index contributed by atoms with van der Waals surface area (Å²) in [5, 5.41) is 4.05. The highest BCUT2D eigenvalue weighted by Gasteiger charge is 2.33. The zero-order valence-corrected chi connectivity index (χ0v) is 16.3. The fourth-order valence-electron chi connectivity index (χ4n) is 3.27. The number of carbonyl (C=O) groups is 1. The average molecular weight is 400 g/mol. The van der Waals surface area contributed by atoms with Gasteiger partial charge in [0, 0.05) is 30.1 Å². The monoisotopic (exact) mass is 399 g/mol. The first-order chi connectivity index (χ1) is 12.0. The topological polar surface area (TPSA) is 88.6 Å². The Morgan fingerprint density at radius 1 is 1.35 bits per heavy atom. The van der Waals surface area contributed by atoms with Gasteiger partial charge in [-0.2, -0.15) is 4.31 Å². The molecule has 0 amide bonds. The van der Waals surface area contributed by atoms with Crippen LogP contribution in [0, 0.1) is 5.92 Å². The van der Waals surface area contributed by atoms with Crippen molar-refractivity contribution in [3.8, 4) is 0 Å². The number of sulfonamides is 1. The summed E-state index contributed by atoms with van der Waals surface area (Å²) in [5.74, 6) is -0.280. The third-order valence-corrected chi connectivity index (χ3v) is 6.43. The number of methoxy groups -OCH3 is 1. The zero-order chi connectivity index (χ0) is 18.0. The molecule has 2 heterocycles. The molecule has 1 unspecified atom stereocenters. The average Bonchev–Trinajstić information content (AvgIpc) is 3.10. The second kappa shape index (κ2) is 8.30. The Balaban J connectivity index is 0.00000243. The van der Waals surface area contributed by atoms with Crippen molar-refractivity contribution in [2.45, 2.75) is 11.3 Å². The summed E-state index contributed by atoms with van der Waals surface area (Å²) in [6.07, 6.45) is 2.27. The number of halogens is 1. The third kappa shape index (κ3) is 3.68. The minimum absolute atomic E-state index is 0. The van der Waals surface area contributed by atoms with E-state index in [9.17, 15) is 13.2 Å². The number of benzene rings is 1. The smallest absolute Gasteiger partial charge is 0.357 e. The Kier molecular flexibility index (Phi) is 6.57. The lowest BCUT2D eigenvalue weighted by molar-refractivity contribution is 0.0596. The van der Waals surface area contributed by atoms with Crippen LogP contribution in [0.2, 0.25) is 0 Å². The molecule has 7 nitrogen and oxygen atoms in total. The minimum Gasteiger partial charge on any atom is -0.464 e. The van der Waals surface area contributed by atoms with E-state index in [0.29, 0.717) is 29.8 Å². The van der Waals surface area contributed by atoms with Crippen LogP contribution in [-0.4, -0.2) is 57.5 Å². The van der Waals surface area contributed by atoms with Gasteiger partial charge in [0.25, 0.3) is 0 Å². The maximum atomic E-state index is 13.1. The van der Waals surface area contributed by atoms with E-state index in [2.05, 4.69) is 10.3 Å². The van der Waals surface area contributed by atoms with Crippen molar-refractivity contribution >= 4 is 39.2 Å². The Labute approximate surface area is 159 Å². The molecule has 2 aromatic rings. The van der Waals surface area contributed by atoms with Crippen LogP contribution in [0.15, 0.2) is 35.4 Å². The van der Waals surface area contributed by atoms with Crippen LogP contribution in [0.1, 0.15) is 16.9 Å². The van der Waals surface area contributed by atoms with Gasteiger partial charge in [-0.05, 0) is 38.1 Å². The van der Waals surface area contributed by atoms with Gasteiger partial charge in [0.2, 0.25) is 10.0 Å². The predicted molar refractivity (Wildman–Crippen MR) is 101 cm³/mol. The van der Waals surface area contributed by atoms with Gasteiger partial charge in [0.1, 0.15) is 0 Å². The molecule has 0 saturated carbocycles. The predicted octanol–water partition coefficient (Wildman–Crippen LogP) is 1.67. The molecule has 0 radical (unpaired) electrons. The largest absolute Gasteiger partial charge is 0.464 e. The van der Waals surface area contributed by atoms with Crippen molar-refractivity contribution in [2.24, 2.45) is 5.92 Å². The Morgan fingerprint density at radius 3 is 2.81 bits per heavy atom. The Hall–Kier alpha value is -1.74. The molecule has 3 rings (SSSR count). The van der Waals surface area contributed by atoms with Crippen LogP contribution < -0.4 is 5.32 Å². The Bertz CT molecular complexity index is 904. The molecule has 9 heteroatoms. The molecule has 1 aromatic carbocycles. The molecule has 0 bridgehead atoms. The van der Waals surface area contributed by atoms with E-state index in [1.807, 2.05) is 7.05 Å². The maximum absolute atomic E-state index is 13.1. The van der Waals surface area contributed by atoms with Gasteiger partial charge in [0.05, 0.1) is 12.0 Å². The Morgan fingerprint density at radius 2 is 2.12 bits per heavy atom. The van der Waals surface area contributed by atoms with Gasteiger partial charge in [-0.3, -0.25) is 0 Å². The van der Waals surface area contributed by atoms with Crippen molar-refractivity contribution in [3.05, 3.63) is 36.2 Å². The highest BCUT2D eigenvalue weighted by Crippen LogP contribution is 2.30. The lowest BCUT2D eigenvalue weighted by Gasteiger charge is -2.18. The van der Waals surface area contributed by atoms with Gasteiger partial charge in [0.15, 0.2) is 5.69 Å². The minimum atomic E-state index is -3.64. The number of ether oxygens (including phenoxy) is 1. The van der Waals surface area contributed by atoms with E-state index in [4.69, 9.17) is 4.74 Å². The third-order valence-electron chi connectivity index (χ3n) is 4.50. The summed E-state index contributed by atoms with van der Waals surface area (Å²) in [5.41, 5.74) is 0.117. The summed E-state index contributed by atoms with van der Waals surface area (Å²) in [6.45, 7) is 1.78. The molecule has 26 heavy (non-hydrogen) atoms. The molecule has 1 fully saturated rings. The van der Waals surface area contributed by atoms with E-state index >= 15 is 0 Å². The van der Waals surface area contributed by atoms with Crippen molar-refractivity contribution < 1.29 is 17.9 Å². The first kappa shape index (κ1) is 20.6. The van der Waals surface area contributed by atoms with Crippen molar-refractivity contribution in [1.29, 1.82) is 0 Å². The van der Waals surface area contributed by atoms with Crippen LogP contribution >= 0.6 is 12.4 Å². The van der Waals surface area contributed by atoms with Gasteiger partial charge in [-0.25, -0.2) is 18.2 Å². The molecule has 0 aliphatic carbocycles. The summed E-state index contributed by atoms with van der Waals surface area (Å²) in [6, 6.07) is 6.51. The van der Waals surface area contributed by atoms with E-state index in [1.165, 1.54) is 17.6 Å². The van der Waals surface area contributed by atoms with Gasteiger partial charge in [-0.1, -0.05) is 12.1 Å². The lowest BCUT2D eigenvalue weighted by atomic mass is 10.1. The number of aromatic nitrogens is 1. The number of esters is 1. The van der Waals surface area contributed by atoms with Crippen molar-refractivity contribution in [2.75, 3.05) is 33.8 Å². The van der Waals surface area contributed by atoms with E-state index in [0.717, 1.165) is 13.0 Å². The SMILES string of the molecule is CNCC1CCN(S(=O)(=O)c2cccc3c(C(=O)OC)nccc23)C1.Cl. The van der Waals surface area contributed by atoms with Gasteiger partial charge < -0.3 is 10.1 Å². The molecule has 1 aromatic heterocycles. The maximum Gasteiger partial charge on any atom is 0.357 e. The van der Waals surface area contributed by atoms with Crippen molar-refractivity contribution in [3.63, 3.8) is 0 Å². The molecule has 0 spiro atoms. The second-order valence-corrected chi connectivity index (χ2v) is 7.98. The molecular weight excluding hydrogens is 378 g/mol. The fraction of sp³-hybridized carbons (Fsp3) is 0.412. The van der Waals surface area contributed by atoms with Crippen LogP contribution in [0.5, 0.6) is 0 Å². The number of hydrogen-bond donors (Lipinski definition) is 1. The number of carbonyl (C=O) groups excluding carboxylic acids is 1. The highest BCUT2D eigenvalue weighted by molar-refractivity contribution is 7.89. The number of rotatable bonds is 5. The summed E-state index contributed by atoms with van der Waals surface area (Å²) in [7, 11) is -0.502. The zero-order valence-electron chi connectivity index (χ0n) is 14.6. The summed E-state index contributed by atoms with van der Waals surface area (Å²) >= 11 is 0. The van der Waals surface area contributed by atoms with Crippen LogP contribution in [0.4, 0.5) is 0 Å². The molecule has 1 saturated heterocycles. The molecule has 1 aliphatic heterocycles. The van der Waals surface area contributed by atoms with E-state index in [1.54, 1.807) is 24.3 Å². The highest BCUT2D eigenvalue weighted by atomic mass is 35.5. The quantitative estimate of drug-likeness (QED) is 0.769. The summed E-state index contributed by atoms with van der Waals surface area (Å²) in [4.78, 5) is 16.1. The molecule has 142 valence electrons. The summed E-state index contributed by atoms with van der Waals surface area (Å²) < 4.78 is 32.5. The lowest BCUT2D eigenvalue weighted by Crippen LogP contribution is -2.30. The first-order valence-corrected chi connectivity index (χ1v) is 9.54. The van der Waals surface area contributed by atoms with Crippen LogP contribution in [0.25, 0.3) is 10.8 Å². The number of fused-ring (bicyclic) bond motifs is 1. The molecule has 1 atom stereocenters. The van der Waals surface area contributed by atoms with Gasteiger partial charge >= 0.3 is 5.97 Å². The second-order valence-electron chi connectivity index (χ2n) is 6.08. The number of pyridine rings is 1. The molecular formula is C17H22ClN3O4S. The fourth-order valence-corrected chi connectivity index (χ4v) is 5.01.